The fourth-order valence-electron chi connectivity index (χ4n) is 8.01. The number of nitrogens with zero attached hydrogens (tertiary/aromatic N) is 1. The Bertz CT molecular complexity index is 1940. The maximum Gasteiger partial charge on any atom is 0.224 e. The number of allylic oxidation sites excluding steroid dienone is 4. The van der Waals surface area contributed by atoms with Gasteiger partial charge in [-0.15, -0.1) is 0 Å². The minimum atomic E-state index is 0.481. The Kier molecular flexibility index (Phi) is 2.14. The molecular weight excluding hydrogens is 385 g/mol. The summed E-state index contributed by atoms with van der Waals surface area (Å²) in [7, 11) is 0. The van der Waals surface area contributed by atoms with E-state index in [4.69, 9.17) is 0 Å². The molecule has 2 unspecified atom stereocenters. The smallest absolute Gasteiger partial charge is 0.224 e. The van der Waals surface area contributed by atoms with Gasteiger partial charge in [-0.25, -0.2) is 0 Å². The van der Waals surface area contributed by atoms with E-state index < -0.39 is 0 Å². The molecular formula is C30H16BN. The lowest BCUT2D eigenvalue weighted by Crippen LogP contribution is -2.43. The van der Waals surface area contributed by atoms with Gasteiger partial charge in [-0.05, 0) is 44.6 Å². The quantitative estimate of drug-likeness (QED) is 0.311. The number of benzene rings is 4. The van der Waals surface area contributed by atoms with Gasteiger partial charge in [-0.3, -0.25) is 0 Å². The molecule has 5 heterocycles. The van der Waals surface area contributed by atoms with E-state index in [1.807, 2.05) is 0 Å². The molecule has 0 spiro atoms. The number of hydrogen-bond acceptors (Lipinski definition) is 0. The average molecular weight is 401 g/mol. The Balaban J connectivity index is 1.52. The molecule has 0 bridgehead atoms. The van der Waals surface area contributed by atoms with Gasteiger partial charge < -0.3 is 4.40 Å². The van der Waals surface area contributed by atoms with Crippen LogP contribution in [0.2, 0.25) is 5.82 Å². The Labute approximate surface area is 184 Å². The number of hydrogen-bond donors (Lipinski definition) is 0. The summed E-state index contributed by atoms with van der Waals surface area (Å²) in [5.41, 5.74) is 15.0. The average Bonchev–Trinajstić information content (AvgIpc) is 3.56. The minimum absolute atomic E-state index is 0.481. The maximum absolute atomic E-state index is 2.64. The first-order valence-corrected chi connectivity index (χ1v) is 11.7. The van der Waals surface area contributed by atoms with E-state index in [9.17, 15) is 0 Å². The van der Waals surface area contributed by atoms with E-state index in [-0.39, 0.29) is 0 Å². The van der Waals surface area contributed by atoms with Crippen LogP contribution in [0.15, 0.2) is 84.9 Å². The summed E-state index contributed by atoms with van der Waals surface area (Å²) in [6.45, 7) is 0.494. The molecule has 32 heavy (non-hydrogen) atoms. The Morgan fingerprint density at radius 3 is 2.25 bits per heavy atom. The first-order chi connectivity index (χ1) is 15.9. The Morgan fingerprint density at radius 1 is 0.656 bits per heavy atom. The second-order valence-corrected chi connectivity index (χ2v) is 10.0. The molecule has 0 saturated heterocycles. The van der Waals surface area contributed by atoms with Crippen LogP contribution in [0.3, 0.4) is 0 Å². The highest BCUT2D eigenvalue weighted by Gasteiger charge is 2.55. The lowest BCUT2D eigenvalue weighted by atomic mass is 9.37. The third-order valence-corrected chi connectivity index (χ3v) is 8.95. The van der Waals surface area contributed by atoms with Crippen LogP contribution in [0.25, 0.3) is 49.2 Å². The SMILES string of the molecule is C1=CC2c3ccc4c5cccc6c7ccc8c9c7n(c4c3B9C2C8=C1c1ccccc1)c65. The summed E-state index contributed by atoms with van der Waals surface area (Å²) >= 11 is 0. The molecule has 0 amide bonds. The molecule has 1 nitrogen and oxygen atoms in total. The highest BCUT2D eigenvalue weighted by Crippen LogP contribution is 2.59. The van der Waals surface area contributed by atoms with Gasteiger partial charge in [0, 0.05) is 38.5 Å². The lowest BCUT2D eigenvalue weighted by Gasteiger charge is -2.26. The van der Waals surface area contributed by atoms with Gasteiger partial charge in [-0.1, -0.05) is 84.9 Å². The zero-order chi connectivity index (χ0) is 20.3. The molecule has 1 aliphatic carbocycles. The third kappa shape index (κ3) is 1.30. The van der Waals surface area contributed by atoms with E-state index in [2.05, 4.69) is 89.3 Å². The molecule has 4 aliphatic rings. The van der Waals surface area contributed by atoms with Crippen LogP contribution in [-0.2, 0) is 0 Å². The number of aromatic nitrogens is 1. The predicted molar refractivity (Wildman–Crippen MR) is 135 cm³/mol. The van der Waals surface area contributed by atoms with Gasteiger partial charge in [0.1, 0.15) is 0 Å². The van der Waals surface area contributed by atoms with Crippen molar-refractivity contribution in [2.24, 2.45) is 0 Å². The summed E-state index contributed by atoms with van der Waals surface area (Å²) in [5.74, 6) is 1.01. The van der Waals surface area contributed by atoms with Crippen LogP contribution in [0.5, 0.6) is 0 Å². The Hall–Kier alpha value is -3.78. The fourth-order valence-corrected chi connectivity index (χ4v) is 8.01. The van der Waals surface area contributed by atoms with Crippen LogP contribution in [0, 0.1) is 0 Å². The molecule has 0 radical (unpaired) electrons. The lowest BCUT2D eigenvalue weighted by molar-refractivity contribution is 0.892. The summed E-state index contributed by atoms with van der Waals surface area (Å²) < 4.78 is 2.64. The van der Waals surface area contributed by atoms with E-state index >= 15 is 0 Å². The highest BCUT2D eigenvalue weighted by molar-refractivity contribution is 6.95. The van der Waals surface area contributed by atoms with Crippen LogP contribution >= 0.6 is 0 Å². The van der Waals surface area contributed by atoms with E-state index in [0.717, 1.165) is 0 Å². The van der Waals surface area contributed by atoms with E-state index in [0.29, 0.717) is 18.4 Å². The molecule has 4 aromatic carbocycles. The fraction of sp³-hybridized carbons (Fsp3) is 0.0667. The minimum Gasteiger partial charge on any atom is -0.309 e. The molecule has 10 rings (SSSR count). The van der Waals surface area contributed by atoms with Gasteiger partial charge in [0.05, 0.1) is 5.52 Å². The topological polar surface area (TPSA) is 4.41 Å². The first-order valence-electron chi connectivity index (χ1n) is 11.7. The van der Waals surface area contributed by atoms with Gasteiger partial charge in [0.2, 0.25) is 6.71 Å². The molecule has 0 saturated carbocycles. The van der Waals surface area contributed by atoms with Gasteiger partial charge in [-0.2, -0.15) is 0 Å². The Morgan fingerprint density at radius 2 is 1.41 bits per heavy atom. The standard InChI is InChI=1S/C30H16BN/c1-2-5-15(6-3-1)16-9-10-17-18-11-12-21-19-7-4-8-20-22-13-14-23-24(16)25(17)31-26(18)29(21)32(28(19)20)30(22)27(23)31/h1-14,17,25H. The van der Waals surface area contributed by atoms with Crippen molar-refractivity contribution in [3.8, 4) is 0 Å². The summed E-state index contributed by atoms with van der Waals surface area (Å²) in [4.78, 5) is 0. The van der Waals surface area contributed by atoms with Crippen molar-refractivity contribution in [2.75, 3.05) is 0 Å². The normalized spacial score (nSPS) is 21.4. The first kappa shape index (κ1) is 15.1. The molecule has 0 fully saturated rings. The van der Waals surface area contributed by atoms with Gasteiger partial charge >= 0.3 is 0 Å². The van der Waals surface area contributed by atoms with Crippen LogP contribution in [-0.4, -0.2) is 11.1 Å². The second-order valence-electron chi connectivity index (χ2n) is 10.0. The van der Waals surface area contributed by atoms with Crippen molar-refractivity contribution in [2.45, 2.75) is 11.7 Å². The molecule has 2 aromatic heterocycles. The summed E-state index contributed by atoms with van der Waals surface area (Å²) in [6.07, 6.45) is 4.92. The highest BCUT2D eigenvalue weighted by atomic mass is 14.9. The van der Waals surface area contributed by atoms with Crippen molar-refractivity contribution >= 4 is 66.9 Å². The van der Waals surface area contributed by atoms with Crippen molar-refractivity contribution in [1.29, 1.82) is 0 Å². The van der Waals surface area contributed by atoms with Crippen LogP contribution in [0.1, 0.15) is 22.6 Å². The van der Waals surface area contributed by atoms with Crippen molar-refractivity contribution in [3.63, 3.8) is 0 Å². The number of fused-ring (bicyclic) bond motifs is 4. The molecule has 2 atom stereocenters. The molecule has 2 heteroatoms. The monoisotopic (exact) mass is 401 g/mol. The zero-order valence-corrected chi connectivity index (χ0v) is 17.3. The molecule has 6 aromatic rings. The molecule has 0 N–H and O–H groups in total. The van der Waals surface area contributed by atoms with Crippen LogP contribution in [0.4, 0.5) is 0 Å². The maximum atomic E-state index is 2.64. The van der Waals surface area contributed by atoms with E-state index in [1.165, 1.54) is 54.8 Å². The predicted octanol–water partition coefficient (Wildman–Crippen LogP) is 5.72. The van der Waals surface area contributed by atoms with Crippen molar-refractivity contribution in [3.05, 3.63) is 102 Å². The number of rotatable bonds is 1. The second kappa shape index (κ2) is 4.54. The summed E-state index contributed by atoms with van der Waals surface area (Å²) in [6, 6.07) is 27.6. The third-order valence-electron chi connectivity index (χ3n) is 8.95. The zero-order valence-electron chi connectivity index (χ0n) is 17.3. The van der Waals surface area contributed by atoms with Crippen LogP contribution < -0.4 is 10.9 Å². The molecule has 144 valence electrons. The summed E-state index contributed by atoms with van der Waals surface area (Å²) in [5, 5.41) is 5.69. The van der Waals surface area contributed by atoms with Crippen molar-refractivity contribution in [1.82, 2.24) is 4.40 Å². The number of para-hydroxylation sites is 1. The van der Waals surface area contributed by atoms with Gasteiger partial charge in [0.25, 0.3) is 0 Å². The van der Waals surface area contributed by atoms with Crippen molar-refractivity contribution < 1.29 is 0 Å². The molecule has 3 aliphatic heterocycles. The largest absolute Gasteiger partial charge is 0.309 e. The van der Waals surface area contributed by atoms with E-state index in [1.54, 1.807) is 22.1 Å². The van der Waals surface area contributed by atoms with Gasteiger partial charge in [0.15, 0.2) is 0 Å².